The molecule has 0 spiro atoms. The Bertz CT molecular complexity index is 517. The number of aryl methyl sites for hydroxylation is 2. The molecule has 5 nitrogen and oxygen atoms in total. The zero-order valence-electron chi connectivity index (χ0n) is 11.6. The van der Waals surface area contributed by atoms with Gasteiger partial charge in [0.05, 0.1) is 16.4 Å². The molecular weight excluding hydrogens is 274 g/mol. The van der Waals surface area contributed by atoms with Crippen molar-refractivity contribution in [2.75, 3.05) is 6.54 Å². The second-order valence-electron chi connectivity index (χ2n) is 5.18. The van der Waals surface area contributed by atoms with E-state index in [-0.39, 0.29) is 5.91 Å². The molecule has 3 rings (SSSR count). The number of hydrogen-bond acceptors (Lipinski definition) is 5. The summed E-state index contributed by atoms with van der Waals surface area (Å²) < 4.78 is 0. The van der Waals surface area contributed by atoms with Gasteiger partial charge in [0.2, 0.25) is 6.10 Å². The normalized spacial score (nSPS) is 20.4. The molecule has 2 aliphatic rings. The highest BCUT2D eigenvalue weighted by molar-refractivity contribution is 7.11. The van der Waals surface area contributed by atoms with Gasteiger partial charge in [0, 0.05) is 24.3 Å². The van der Waals surface area contributed by atoms with Crippen molar-refractivity contribution < 1.29 is 9.63 Å². The van der Waals surface area contributed by atoms with Gasteiger partial charge in [-0.15, -0.1) is 11.3 Å². The van der Waals surface area contributed by atoms with Crippen LogP contribution in [0, 0.1) is 0 Å². The first-order valence-electron chi connectivity index (χ1n) is 7.23. The van der Waals surface area contributed by atoms with Crippen LogP contribution in [-0.4, -0.2) is 29.3 Å². The molecular formula is C14H19N3O2S. The van der Waals surface area contributed by atoms with Gasteiger partial charge in [0.25, 0.3) is 5.91 Å². The number of amides is 1. The van der Waals surface area contributed by atoms with E-state index in [4.69, 9.17) is 4.84 Å². The number of aromatic nitrogens is 1. The number of oxime groups is 1. The van der Waals surface area contributed by atoms with Gasteiger partial charge in [0.1, 0.15) is 0 Å². The summed E-state index contributed by atoms with van der Waals surface area (Å²) in [6.07, 6.45) is 5.35. The van der Waals surface area contributed by atoms with Crippen LogP contribution < -0.4 is 5.32 Å². The van der Waals surface area contributed by atoms with Crippen LogP contribution in [-0.2, 0) is 28.9 Å². The number of nitrogens with zero attached hydrogens (tertiary/aromatic N) is 2. The van der Waals surface area contributed by atoms with E-state index in [1.54, 1.807) is 11.3 Å². The number of carbonyl (C=O) groups excluding carboxylic acids is 1. The van der Waals surface area contributed by atoms with Crippen LogP contribution in [0.3, 0.4) is 0 Å². The fourth-order valence-corrected chi connectivity index (χ4v) is 3.69. The van der Waals surface area contributed by atoms with Crippen molar-refractivity contribution in [2.24, 2.45) is 5.16 Å². The van der Waals surface area contributed by atoms with E-state index in [1.165, 1.54) is 23.4 Å². The number of rotatable bonds is 5. The highest BCUT2D eigenvalue weighted by Crippen LogP contribution is 2.27. The molecule has 1 aromatic rings. The predicted molar refractivity (Wildman–Crippen MR) is 78.1 cm³/mol. The van der Waals surface area contributed by atoms with Crippen molar-refractivity contribution in [1.29, 1.82) is 0 Å². The number of thiazole rings is 1. The smallest absolute Gasteiger partial charge is 0.264 e. The second kappa shape index (κ2) is 5.91. The lowest BCUT2D eigenvalue weighted by atomic mass is 10.1. The molecule has 1 atom stereocenters. The summed E-state index contributed by atoms with van der Waals surface area (Å²) in [5.74, 6) is -0.0682. The number of fused-ring (bicyclic) bond motifs is 1. The summed E-state index contributed by atoms with van der Waals surface area (Å²) in [6.45, 7) is 2.64. The summed E-state index contributed by atoms with van der Waals surface area (Å²) in [6, 6.07) is 0. The van der Waals surface area contributed by atoms with Crippen LogP contribution in [0.1, 0.15) is 41.8 Å². The molecule has 1 N–H and O–H groups in total. The predicted octanol–water partition coefficient (Wildman–Crippen LogP) is 1.85. The summed E-state index contributed by atoms with van der Waals surface area (Å²) in [7, 11) is 0. The van der Waals surface area contributed by atoms with Gasteiger partial charge >= 0.3 is 0 Å². The van der Waals surface area contributed by atoms with E-state index in [1.807, 2.05) is 6.92 Å². The van der Waals surface area contributed by atoms with Crippen LogP contribution >= 0.6 is 11.3 Å². The Labute approximate surface area is 122 Å². The molecule has 0 bridgehead atoms. The van der Waals surface area contributed by atoms with Gasteiger partial charge in [-0.2, -0.15) is 0 Å². The molecule has 2 heterocycles. The highest BCUT2D eigenvalue weighted by Gasteiger charge is 2.26. The molecule has 0 fully saturated rings. The Morgan fingerprint density at radius 3 is 3.15 bits per heavy atom. The average molecular weight is 293 g/mol. The number of hydrogen-bond donors (Lipinski definition) is 1. The highest BCUT2D eigenvalue weighted by atomic mass is 32.1. The van der Waals surface area contributed by atoms with E-state index in [0.717, 1.165) is 30.0 Å². The third-order valence-electron chi connectivity index (χ3n) is 3.71. The maximum atomic E-state index is 11.9. The molecule has 1 aliphatic carbocycles. The van der Waals surface area contributed by atoms with Gasteiger partial charge in [-0.1, -0.05) is 12.1 Å². The van der Waals surface area contributed by atoms with Gasteiger partial charge in [0.15, 0.2) is 0 Å². The van der Waals surface area contributed by atoms with E-state index < -0.39 is 6.10 Å². The Kier molecular flexibility index (Phi) is 4.00. The van der Waals surface area contributed by atoms with Crippen LogP contribution in [0.5, 0.6) is 0 Å². The quantitative estimate of drug-likeness (QED) is 0.901. The lowest BCUT2D eigenvalue weighted by molar-refractivity contribution is -0.131. The molecule has 1 unspecified atom stereocenters. The monoisotopic (exact) mass is 293 g/mol. The third kappa shape index (κ3) is 2.85. The molecule has 1 amide bonds. The minimum atomic E-state index is -0.439. The Morgan fingerprint density at radius 2 is 2.40 bits per heavy atom. The molecule has 0 saturated carbocycles. The van der Waals surface area contributed by atoms with Crippen LogP contribution in [0.25, 0.3) is 0 Å². The largest absolute Gasteiger partial charge is 0.382 e. The fourth-order valence-electron chi connectivity index (χ4n) is 2.53. The van der Waals surface area contributed by atoms with Crippen molar-refractivity contribution in [3.8, 4) is 0 Å². The van der Waals surface area contributed by atoms with Crippen LogP contribution in [0.15, 0.2) is 5.16 Å². The van der Waals surface area contributed by atoms with E-state index in [0.29, 0.717) is 13.0 Å². The van der Waals surface area contributed by atoms with Crippen molar-refractivity contribution in [2.45, 2.75) is 51.6 Å². The molecule has 20 heavy (non-hydrogen) atoms. The molecule has 0 saturated heterocycles. The van der Waals surface area contributed by atoms with Crippen LogP contribution in [0.2, 0.25) is 0 Å². The van der Waals surface area contributed by atoms with E-state index in [2.05, 4.69) is 15.5 Å². The summed E-state index contributed by atoms with van der Waals surface area (Å²) in [5.41, 5.74) is 2.23. The Morgan fingerprint density at radius 1 is 1.50 bits per heavy atom. The molecule has 108 valence electrons. The Hall–Kier alpha value is -1.43. The number of carbonyl (C=O) groups is 1. The maximum absolute atomic E-state index is 11.9. The maximum Gasteiger partial charge on any atom is 0.264 e. The van der Waals surface area contributed by atoms with Gasteiger partial charge in [-0.05, 0) is 25.7 Å². The first kappa shape index (κ1) is 13.5. The first-order valence-corrected chi connectivity index (χ1v) is 8.04. The lowest BCUT2D eigenvalue weighted by Crippen LogP contribution is -2.35. The lowest BCUT2D eigenvalue weighted by Gasteiger charge is -2.08. The number of nitrogens with one attached hydrogen (secondary N) is 1. The molecule has 0 radical (unpaired) electrons. The minimum absolute atomic E-state index is 0.0682. The topological polar surface area (TPSA) is 63.6 Å². The fraction of sp³-hybridized carbons (Fsp3) is 0.643. The molecule has 1 aromatic heterocycles. The minimum Gasteiger partial charge on any atom is -0.382 e. The van der Waals surface area contributed by atoms with E-state index >= 15 is 0 Å². The average Bonchev–Trinajstić information content (AvgIpc) is 3.13. The SMILES string of the molecule is CCC1=NOC(C(=O)NCCc2nc3c(s2)CCC3)C1. The molecule has 0 aromatic carbocycles. The Balaban J connectivity index is 1.42. The first-order chi connectivity index (χ1) is 9.76. The standard InChI is InChI=1S/C14H19N3O2S/c1-2-9-8-11(19-17-9)14(18)15-7-6-13-16-10-4-3-5-12(10)20-13/h11H,2-8H2,1H3,(H,15,18). The summed E-state index contributed by atoms with van der Waals surface area (Å²) >= 11 is 1.79. The van der Waals surface area contributed by atoms with E-state index in [9.17, 15) is 4.79 Å². The van der Waals surface area contributed by atoms with Crippen LogP contribution in [0.4, 0.5) is 0 Å². The van der Waals surface area contributed by atoms with Gasteiger partial charge in [-0.25, -0.2) is 4.98 Å². The molecule has 1 aliphatic heterocycles. The second-order valence-corrected chi connectivity index (χ2v) is 6.35. The van der Waals surface area contributed by atoms with Crippen molar-refractivity contribution in [1.82, 2.24) is 10.3 Å². The zero-order valence-corrected chi connectivity index (χ0v) is 12.5. The van der Waals surface area contributed by atoms with Gasteiger partial charge < -0.3 is 10.2 Å². The third-order valence-corrected chi connectivity index (χ3v) is 4.93. The summed E-state index contributed by atoms with van der Waals surface area (Å²) in [4.78, 5) is 23.1. The summed E-state index contributed by atoms with van der Waals surface area (Å²) in [5, 5.41) is 7.95. The van der Waals surface area contributed by atoms with Crippen molar-refractivity contribution >= 4 is 23.0 Å². The zero-order chi connectivity index (χ0) is 13.9. The van der Waals surface area contributed by atoms with Crippen molar-refractivity contribution in [3.63, 3.8) is 0 Å². The van der Waals surface area contributed by atoms with Gasteiger partial charge in [-0.3, -0.25) is 4.79 Å². The molecule has 6 heteroatoms. The van der Waals surface area contributed by atoms with Crippen molar-refractivity contribution in [3.05, 3.63) is 15.6 Å².